The van der Waals surface area contributed by atoms with Crippen molar-refractivity contribution < 1.29 is 4.74 Å². The molecule has 14 heavy (non-hydrogen) atoms. The average Bonchev–Trinajstić information content (AvgIpc) is 2.91. The zero-order chi connectivity index (χ0) is 9.60. The van der Waals surface area contributed by atoms with Gasteiger partial charge in [-0.2, -0.15) is 0 Å². The SMILES string of the molecule is NN1C[C@H]2CC[C@@](COC3CC3)(C1)N2. The molecule has 1 aliphatic carbocycles. The molecule has 0 unspecified atom stereocenters. The number of nitrogens with two attached hydrogens (primary N) is 1. The number of piperazine rings is 1. The van der Waals surface area contributed by atoms with E-state index in [-0.39, 0.29) is 5.54 Å². The molecular formula is C10H19N3O. The lowest BCUT2D eigenvalue weighted by atomic mass is 9.99. The van der Waals surface area contributed by atoms with E-state index in [1.54, 1.807) is 0 Å². The molecule has 3 aliphatic rings. The summed E-state index contributed by atoms with van der Waals surface area (Å²) in [6.07, 6.45) is 5.54. The van der Waals surface area contributed by atoms with E-state index in [2.05, 4.69) is 5.32 Å². The minimum atomic E-state index is 0.167. The highest BCUT2D eigenvalue weighted by Crippen LogP contribution is 2.31. The van der Waals surface area contributed by atoms with E-state index in [0.717, 1.165) is 19.7 Å². The topological polar surface area (TPSA) is 50.5 Å². The molecular weight excluding hydrogens is 178 g/mol. The maximum absolute atomic E-state index is 5.90. The average molecular weight is 197 g/mol. The molecule has 0 amide bonds. The normalized spacial score (nSPS) is 43.1. The van der Waals surface area contributed by atoms with Crippen molar-refractivity contribution in [3.05, 3.63) is 0 Å². The van der Waals surface area contributed by atoms with E-state index in [0.29, 0.717) is 12.1 Å². The van der Waals surface area contributed by atoms with Gasteiger partial charge in [-0.05, 0) is 25.7 Å². The maximum atomic E-state index is 5.90. The van der Waals surface area contributed by atoms with Crippen LogP contribution in [0.1, 0.15) is 25.7 Å². The number of rotatable bonds is 3. The molecule has 4 heteroatoms. The van der Waals surface area contributed by atoms with Crippen LogP contribution in [0, 0.1) is 0 Å². The summed E-state index contributed by atoms with van der Waals surface area (Å²) in [7, 11) is 0. The molecule has 2 atom stereocenters. The van der Waals surface area contributed by atoms with Gasteiger partial charge >= 0.3 is 0 Å². The molecule has 0 spiro atoms. The second kappa shape index (κ2) is 3.17. The molecule has 2 aliphatic heterocycles. The first kappa shape index (κ1) is 9.09. The van der Waals surface area contributed by atoms with Gasteiger partial charge in [0.2, 0.25) is 0 Å². The summed E-state index contributed by atoms with van der Waals surface area (Å²) in [5.74, 6) is 5.90. The maximum Gasteiger partial charge on any atom is 0.0665 e. The van der Waals surface area contributed by atoms with Gasteiger partial charge in [0.05, 0.1) is 18.2 Å². The number of hydrazine groups is 1. The van der Waals surface area contributed by atoms with Crippen LogP contribution in [0.25, 0.3) is 0 Å². The lowest BCUT2D eigenvalue weighted by Crippen LogP contribution is -2.63. The minimum absolute atomic E-state index is 0.167. The standard InChI is InChI=1S/C10H19N3O/c11-13-5-8-3-4-10(6-13,12-8)7-14-9-1-2-9/h8-9,12H,1-7,11H2/t8-,10+/m1/s1. The Kier molecular flexibility index (Phi) is 2.06. The molecule has 4 nitrogen and oxygen atoms in total. The number of nitrogens with one attached hydrogen (secondary N) is 1. The van der Waals surface area contributed by atoms with Gasteiger partial charge in [-0.25, -0.2) is 5.01 Å². The van der Waals surface area contributed by atoms with E-state index < -0.39 is 0 Å². The summed E-state index contributed by atoms with van der Waals surface area (Å²) in [6, 6.07) is 0.594. The van der Waals surface area contributed by atoms with Gasteiger partial charge in [-0.15, -0.1) is 0 Å². The highest BCUT2D eigenvalue weighted by molar-refractivity contribution is 5.04. The van der Waals surface area contributed by atoms with Crippen molar-refractivity contribution in [1.29, 1.82) is 0 Å². The largest absolute Gasteiger partial charge is 0.376 e. The van der Waals surface area contributed by atoms with E-state index in [4.69, 9.17) is 10.6 Å². The summed E-state index contributed by atoms with van der Waals surface area (Å²) in [4.78, 5) is 0. The minimum Gasteiger partial charge on any atom is -0.376 e. The molecule has 2 bridgehead atoms. The lowest BCUT2D eigenvalue weighted by molar-refractivity contribution is 0.0281. The van der Waals surface area contributed by atoms with Crippen LogP contribution < -0.4 is 11.2 Å². The van der Waals surface area contributed by atoms with Crippen LogP contribution in [0.15, 0.2) is 0 Å². The molecule has 3 rings (SSSR count). The van der Waals surface area contributed by atoms with Gasteiger partial charge < -0.3 is 10.1 Å². The Morgan fingerprint density at radius 3 is 3.07 bits per heavy atom. The van der Waals surface area contributed by atoms with Crippen molar-refractivity contribution in [2.45, 2.75) is 43.4 Å². The van der Waals surface area contributed by atoms with Gasteiger partial charge in [0.25, 0.3) is 0 Å². The van der Waals surface area contributed by atoms with Crippen LogP contribution in [0.3, 0.4) is 0 Å². The van der Waals surface area contributed by atoms with Crippen LogP contribution in [0.4, 0.5) is 0 Å². The Morgan fingerprint density at radius 1 is 1.43 bits per heavy atom. The summed E-state index contributed by atoms with van der Waals surface area (Å²) >= 11 is 0. The Balaban J connectivity index is 1.62. The molecule has 3 fully saturated rings. The zero-order valence-corrected chi connectivity index (χ0v) is 8.54. The zero-order valence-electron chi connectivity index (χ0n) is 8.54. The fraction of sp³-hybridized carbons (Fsp3) is 1.00. The molecule has 2 saturated heterocycles. The first-order chi connectivity index (χ1) is 6.76. The van der Waals surface area contributed by atoms with E-state index in [1.807, 2.05) is 5.01 Å². The number of fused-ring (bicyclic) bond motifs is 2. The molecule has 1 saturated carbocycles. The number of ether oxygens (including phenoxy) is 1. The Morgan fingerprint density at radius 2 is 2.29 bits per heavy atom. The molecule has 3 N–H and O–H groups in total. The summed E-state index contributed by atoms with van der Waals surface area (Å²) in [5, 5.41) is 5.62. The van der Waals surface area contributed by atoms with Crippen molar-refractivity contribution in [3.63, 3.8) is 0 Å². The van der Waals surface area contributed by atoms with E-state index in [9.17, 15) is 0 Å². The molecule has 0 aromatic rings. The third-order valence-corrected chi connectivity index (χ3v) is 3.56. The van der Waals surface area contributed by atoms with Gasteiger partial charge in [0.15, 0.2) is 0 Å². The number of hydrogen-bond donors (Lipinski definition) is 2. The number of hydrogen-bond acceptors (Lipinski definition) is 4. The smallest absolute Gasteiger partial charge is 0.0665 e. The quantitative estimate of drug-likeness (QED) is 0.618. The monoisotopic (exact) mass is 197 g/mol. The first-order valence-electron chi connectivity index (χ1n) is 5.65. The Labute approximate surface area is 84.7 Å². The van der Waals surface area contributed by atoms with Crippen LogP contribution in [0.5, 0.6) is 0 Å². The fourth-order valence-electron chi connectivity index (χ4n) is 2.70. The Hall–Kier alpha value is -0.160. The van der Waals surface area contributed by atoms with Crippen LogP contribution in [0.2, 0.25) is 0 Å². The predicted molar refractivity (Wildman–Crippen MR) is 53.6 cm³/mol. The predicted octanol–water partition coefficient (Wildman–Crippen LogP) is -0.155. The molecule has 80 valence electrons. The van der Waals surface area contributed by atoms with Crippen molar-refractivity contribution in [3.8, 4) is 0 Å². The van der Waals surface area contributed by atoms with Crippen molar-refractivity contribution in [1.82, 2.24) is 10.3 Å². The number of nitrogens with zero attached hydrogens (tertiary/aromatic N) is 1. The summed E-state index contributed by atoms with van der Waals surface area (Å²) in [6.45, 7) is 2.78. The van der Waals surface area contributed by atoms with Crippen molar-refractivity contribution >= 4 is 0 Å². The van der Waals surface area contributed by atoms with Crippen molar-refractivity contribution in [2.75, 3.05) is 19.7 Å². The van der Waals surface area contributed by atoms with Crippen molar-refractivity contribution in [2.24, 2.45) is 5.84 Å². The van der Waals surface area contributed by atoms with Gasteiger partial charge in [-0.3, -0.25) is 5.84 Å². The third kappa shape index (κ3) is 1.67. The third-order valence-electron chi connectivity index (χ3n) is 3.56. The fourth-order valence-corrected chi connectivity index (χ4v) is 2.70. The Bertz CT molecular complexity index is 231. The van der Waals surface area contributed by atoms with Gasteiger partial charge in [-0.1, -0.05) is 0 Å². The second-order valence-corrected chi connectivity index (χ2v) is 5.10. The summed E-state index contributed by atoms with van der Waals surface area (Å²) in [5.41, 5.74) is 0.167. The van der Waals surface area contributed by atoms with Gasteiger partial charge in [0.1, 0.15) is 0 Å². The highest BCUT2D eigenvalue weighted by atomic mass is 16.5. The first-order valence-corrected chi connectivity index (χ1v) is 5.65. The highest BCUT2D eigenvalue weighted by Gasteiger charge is 2.44. The lowest BCUT2D eigenvalue weighted by Gasteiger charge is -2.39. The second-order valence-electron chi connectivity index (χ2n) is 5.10. The van der Waals surface area contributed by atoms with E-state index in [1.165, 1.54) is 25.7 Å². The van der Waals surface area contributed by atoms with Crippen LogP contribution in [-0.2, 0) is 4.74 Å². The van der Waals surface area contributed by atoms with Crippen LogP contribution in [-0.4, -0.2) is 42.4 Å². The van der Waals surface area contributed by atoms with Crippen LogP contribution >= 0.6 is 0 Å². The summed E-state index contributed by atoms with van der Waals surface area (Å²) < 4.78 is 5.82. The molecule has 0 aromatic carbocycles. The molecule has 2 heterocycles. The van der Waals surface area contributed by atoms with Gasteiger partial charge in [0, 0.05) is 19.1 Å². The molecule has 0 aromatic heterocycles. The van der Waals surface area contributed by atoms with E-state index >= 15 is 0 Å². The molecule has 0 radical (unpaired) electrons.